The number of thiophene rings is 1. The highest BCUT2D eigenvalue weighted by molar-refractivity contribution is 7.10. The summed E-state index contributed by atoms with van der Waals surface area (Å²) in [6, 6.07) is 7.24. The Morgan fingerprint density at radius 2 is 2.00 bits per heavy atom. The average Bonchev–Trinajstić information content (AvgIpc) is 2.77. The van der Waals surface area contributed by atoms with Crippen molar-refractivity contribution in [3.05, 3.63) is 50.1 Å². The summed E-state index contributed by atoms with van der Waals surface area (Å²) in [4.78, 5) is 1.12. The molecule has 1 aromatic heterocycles. The van der Waals surface area contributed by atoms with Crippen LogP contribution in [0.15, 0.2) is 29.6 Å². The lowest BCUT2D eigenvalue weighted by Crippen LogP contribution is -2.29. The Morgan fingerprint density at radius 3 is 2.58 bits per heavy atom. The smallest absolute Gasteiger partial charge is 0.148 e. The summed E-state index contributed by atoms with van der Waals surface area (Å²) in [6.45, 7) is 3.96. The third-order valence-corrected chi connectivity index (χ3v) is 4.69. The van der Waals surface area contributed by atoms with Crippen molar-refractivity contribution in [3.8, 4) is 5.75 Å². The van der Waals surface area contributed by atoms with Crippen LogP contribution in [0.4, 0.5) is 0 Å². The SMILES string of the molecule is Cc1ccsc1C(Oc1cccc(Cl)c1Cl)C(C)N. The second-order valence-electron chi connectivity index (χ2n) is 4.42. The van der Waals surface area contributed by atoms with Crippen LogP contribution in [0, 0.1) is 6.92 Å². The summed E-state index contributed by atoms with van der Waals surface area (Å²) >= 11 is 13.8. The van der Waals surface area contributed by atoms with Crippen molar-refractivity contribution in [2.45, 2.75) is 26.0 Å². The first kappa shape index (κ1) is 14.7. The minimum absolute atomic E-state index is 0.146. The summed E-state index contributed by atoms with van der Waals surface area (Å²) in [5, 5.41) is 2.93. The van der Waals surface area contributed by atoms with Gasteiger partial charge in [0.1, 0.15) is 16.9 Å². The molecule has 2 nitrogen and oxygen atoms in total. The number of halogens is 2. The zero-order valence-electron chi connectivity index (χ0n) is 10.7. The lowest BCUT2D eigenvalue weighted by Gasteiger charge is -2.23. The van der Waals surface area contributed by atoms with Gasteiger partial charge in [0.15, 0.2) is 0 Å². The summed E-state index contributed by atoms with van der Waals surface area (Å²) in [5.41, 5.74) is 7.21. The first-order chi connectivity index (χ1) is 9.00. The summed E-state index contributed by atoms with van der Waals surface area (Å²) in [5.74, 6) is 0.560. The zero-order chi connectivity index (χ0) is 14.0. The van der Waals surface area contributed by atoms with E-state index in [0.717, 1.165) is 4.88 Å². The second-order valence-corrected chi connectivity index (χ2v) is 6.15. The van der Waals surface area contributed by atoms with Crippen molar-refractivity contribution in [1.29, 1.82) is 0 Å². The Kier molecular flexibility index (Phi) is 4.74. The Balaban J connectivity index is 2.32. The summed E-state index contributed by atoms with van der Waals surface area (Å²) in [6.07, 6.45) is -0.226. The highest BCUT2D eigenvalue weighted by Crippen LogP contribution is 2.36. The first-order valence-electron chi connectivity index (χ1n) is 5.91. The third kappa shape index (κ3) is 3.23. The van der Waals surface area contributed by atoms with Gasteiger partial charge in [0.05, 0.1) is 5.02 Å². The molecule has 0 spiro atoms. The molecule has 2 atom stereocenters. The second kappa shape index (κ2) is 6.14. The zero-order valence-corrected chi connectivity index (χ0v) is 13.0. The van der Waals surface area contributed by atoms with Crippen LogP contribution in [0.3, 0.4) is 0 Å². The summed E-state index contributed by atoms with van der Waals surface area (Å²) in [7, 11) is 0. The molecule has 0 amide bonds. The molecule has 0 aliphatic heterocycles. The topological polar surface area (TPSA) is 35.2 Å². The highest BCUT2D eigenvalue weighted by Gasteiger charge is 2.22. The third-order valence-electron chi connectivity index (χ3n) is 2.81. The maximum Gasteiger partial charge on any atom is 0.148 e. The van der Waals surface area contributed by atoms with Crippen LogP contribution in [0.1, 0.15) is 23.5 Å². The van der Waals surface area contributed by atoms with E-state index in [9.17, 15) is 0 Å². The van der Waals surface area contributed by atoms with E-state index >= 15 is 0 Å². The molecule has 2 aromatic rings. The van der Waals surface area contributed by atoms with Crippen molar-refractivity contribution < 1.29 is 4.74 Å². The fraction of sp³-hybridized carbons (Fsp3) is 0.286. The number of nitrogens with two attached hydrogens (primary N) is 1. The number of hydrogen-bond acceptors (Lipinski definition) is 3. The standard InChI is InChI=1S/C14H15Cl2NOS/c1-8-6-7-19-14(8)13(9(2)17)18-11-5-3-4-10(15)12(11)16/h3-7,9,13H,17H2,1-2H3. The van der Waals surface area contributed by atoms with Crippen LogP contribution in [-0.4, -0.2) is 6.04 Å². The average molecular weight is 316 g/mol. The fourth-order valence-electron chi connectivity index (χ4n) is 1.79. The predicted molar refractivity (Wildman–Crippen MR) is 82.5 cm³/mol. The number of aryl methyl sites for hydroxylation is 1. The predicted octanol–water partition coefficient (Wildman–Crippen LogP) is 4.83. The van der Waals surface area contributed by atoms with Crippen LogP contribution in [0.5, 0.6) is 5.75 Å². The minimum Gasteiger partial charge on any atom is -0.482 e. The maximum atomic E-state index is 6.15. The van der Waals surface area contributed by atoms with Crippen molar-refractivity contribution in [3.63, 3.8) is 0 Å². The van der Waals surface area contributed by atoms with E-state index in [1.165, 1.54) is 5.56 Å². The van der Waals surface area contributed by atoms with Gasteiger partial charge in [-0.2, -0.15) is 0 Å². The highest BCUT2D eigenvalue weighted by atomic mass is 35.5. The normalized spacial score (nSPS) is 14.2. The van der Waals surface area contributed by atoms with Crippen LogP contribution < -0.4 is 10.5 Å². The van der Waals surface area contributed by atoms with E-state index in [-0.39, 0.29) is 12.1 Å². The van der Waals surface area contributed by atoms with Crippen molar-refractivity contribution in [1.82, 2.24) is 0 Å². The van der Waals surface area contributed by atoms with Crippen molar-refractivity contribution in [2.75, 3.05) is 0 Å². The number of hydrogen-bond donors (Lipinski definition) is 1. The molecule has 1 aromatic carbocycles. The fourth-order valence-corrected chi connectivity index (χ4v) is 3.19. The monoisotopic (exact) mass is 315 g/mol. The van der Waals surface area contributed by atoms with E-state index in [0.29, 0.717) is 15.8 Å². The molecule has 2 N–H and O–H groups in total. The molecule has 19 heavy (non-hydrogen) atoms. The van der Waals surface area contributed by atoms with Gasteiger partial charge in [-0.25, -0.2) is 0 Å². The molecular formula is C14H15Cl2NOS. The maximum absolute atomic E-state index is 6.15. The van der Waals surface area contributed by atoms with Crippen molar-refractivity contribution in [2.24, 2.45) is 5.73 Å². The van der Waals surface area contributed by atoms with Crippen LogP contribution in [0.2, 0.25) is 10.0 Å². The molecule has 2 rings (SSSR count). The molecular weight excluding hydrogens is 301 g/mol. The molecule has 2 unspecified atom stereocenters. The lowest BCUT2D eigenvalue weighted by molar-refractivity contribution is 0.183. The molecule has 0 radical (unpaired) electrons. The number of benzene rings is 1. The molecule has 5 heteroatoms. The van der Waals surface area contributed by atoms with E-state index in [1.807, 2.05) is 25.3 Å². The van der Waals surface area contributed by atoms with Gasteiger partial charge in [-0.1, -0.05) is 29.3 Å². The van der Waals surface area contributed by atoms with Crippen LogP contribution in [0.25, 0.3) is 0 Å². The first-order valence-corrected chi connectivity index (χ1v) is 7.54. The van der Waals surface area contributed by atoms with Gasteiger partial charge in [0.2, 0.25) is 0 Å². The van der Waals surface area contributed by atoms with Gasteiger partial charge in [-0.15, -0.1) is 11.3 Å². The van der Waals surface area contributed by atoms with Gasteiger partial charge in [-0.05, 0) is 43.0 Å². The molecule has 0 saturated heterocycles. The van der Waals surface area contributed by atoms with Crippen LogP contribution in [-0.2, 0) is 0 Å². The van der Waals surface area contributed by atoms with Gasteiger partial charge >= 0.3 is 0 Å². The Labute approximate surface area is 127 Å². The van der Waals surface area contributed by atoms with E-state index < -0.39 is 0 Å². The number of rotatable bonds is 4. The molecule has 1 heterocycles. The molecule has 0 saturated carbocycles. The Hall–Kier alpha value is -0.740. The van der Waals surface area contributed by atoms with Crippen LogP contribution >= 0.6 is 34.5 Å². The largest absolute Gasteiger partial charge is 0.482 e. The van der Waals surface area contributed by atoms with Gasteiger partial charge < -0.3 is 10.5 Å². The Morgan fingerprint density at radius 1 is 1.26 bits per heavy atom. The minimum atomic E-state index is -0.226. The Bertz CT molecular complexity index is 568. The number of ether oxygens (including phenoxy) is 1. The van der Waals surface area contributed by atoms with Gasteiger partial charge in [0, 0.05) is 10.9 Å². The quantitative estimate of drug-likeness (QED) is 0.877. The van der Waals surface area contributed by atoms with E-state index in [4.69, 9.17) is 33.7 Å². The molecule has 0 aliphatic carbocycles. The van der Waals surface area contributed by atoms with Crippen molar-refractivity contribution >= 4 is 34.5 Å². The molecule has 102 valence electrons. The van der Waals surface area contributed by atoms with Gasteiger partial charge in [-0.3, -0.25) is 0 Å². The summed E-state index contributed by atoms with van der Waals surface area (Å²) < 4.78 is 5.98. The van der Waals surface area contributed by atoms with Gasteiger partial charge in [0.25, 0.3) is 0 Å². The van der Waals surface area contributed by atoms with E-state index in [1.54, 1.807) is 23.5 Å². The molecule has 0 aliphatic rings. The van der Waals surface area contributed by atoms with E-state index in [2.05, 4.69) is 6.07 Å². The lowest BCUT2D eigenvalue weighted by atomic mass is 10.1. The molecule has 0 fully saturated rings. The molecule has 0 bridgehead atoms.